The fourth-order valence-electron chi connectivity index (χ4n) is 3.27. The molecule has 2 nitrogen and oxygen atoms in total. The van der Waals surface area contributed by atoms with Crippen LogP contribution in [-0.4, -0.2) is 36.1 Å². The van der Waals surface area contributed by atoms with Gasteiger partial charge in [0.2, 0.25) is 0 Å². The minimum atomic E-state index is 0.780. The van der Waals surface area contributed by atoms with E-state index in [2.05, 4.69) is 24.1 Å². The van der Waals surface area contributed by atoms with Gasteiger partial charge in [0.15, 0.2) is 0 Å². The van der Waals surface area contributed by atoms with Gasteiger partial charge in [-0.2, -0.15) is 0 Å². The third-order valence-electron chi connectivity index (χ3n) is 4.25. The normalized spacial score (nSPS) is 34.8. The van der Waals surface area contributed by atoms with Crippen LogP contribution in [0.15, 0.2) is 0 Å². The van der Waals surface area contributed by atoms with Crippen LogP contribution in [-0.2, 0) is 0 Å². The van der Waals surface area contributed by atoms with Gasteiger partial charge < -0.3 is 10.2 Å². The van der Waals surface area contributed by atoms with Gasteiger partial charge >= 0.3 is 0 Å². The van der Waals surface area contributed by atoms with Gasteiger partial charge in [-0.25, -0.2) is 0 Å². The average molecular weight is 210 g/mol. The second kappa shape index (κ2) is 5.31. The molecule has 1 aliphatic carbocycles. The van der Waals surface area contributed by atoms with E-state index in [-0.39, 0.29) is 0 Å². The number of hydrogen-bond acceptors (Lipinski definition) is 2. The fourth-order valence-corrected chi connectivity index (χ4v) is 3.27. The lowest BCUT2D eigenvalue weighted by atomic mass is 9.97. The Morgan fingerprint density at radius 3 is 2.47 bits per heavy atom. The van der Waals surface area contributed by atoms with Crippen molar-refractivity contribution in [3.8, 4) is 0 Å². The van der Waals surface area contributed by atoms with E-state index in [0.717, 1.165) is 18.1 Å². The van der Waals surface area contributed by atoms with Crippen LogP contribution < -0.4 is 5.32 Å². The topological polar surface area (TPSA) is 15.3 Å². The lowest BCUT2D eigenvalue weighted by Gasteiger charge is -2.38. The number of rotatable bonds is 3. The summed E-state index contributed by atoms with van der Waals surface area (Å²) in [5.74, 6) is 0. The molecular formula is C13H26N2. The van der Waals surface area contributed by atoms with Crippen LogP contribution in [0.2, 0.25) is 0 Å². The van der Waals surface area contributed by atoms with E-state index in [1.807, 2.05) is 0 Å². The molecule has 0 aromatic heterocycles. The third kappa shape index (κ3) is 2.94. The zero-order chi connectivity index (χ0) is 10.7. The lowest BCUT2D eigenvalue weighted by Crippen LogP contribution is -2.49. The second-order valence-corrected chi connectivity index (χ2v) is 5.35. The molecule has 2 aliphatic rings. The van der Waals surface area contributed by atoms with Gasteiger partial charge in [0, 0.05) is 18.1 Å². The van der Waals surface area contributed by atoms with Crippen molar-refractivity contribution < 1.29 is 0 Å². The predicted octanol–water partition coefficient (Wildman–Crippen LogP) is 2.39. The summed E-state index contributed by atoms with van der Waals surface area (Å²) in [4.78, 5) is 2.60. The highest BCUT2D eigenvalue weighted by molar-refractivity contribution is 4.86. The summed E-state index contributed by atoms with van der Waals surface area (Å²) < 4.78 is 0. The highest BCUT2D eigenvalue weighted by Crippen LogP contribution is 2.22. The van der Waals surface area contributed by atoms with Crippen LogP contribution in [0, 0.1) is 0 Å². The summed E-state index contributed by atoms with van der Waals surface area (Å²) >= 11 is 0. The molecule has 0 amide bonds. The molecule has 2 fully saturated rings. The Kier molecular flexibility index (Phi) is 4.04. The molecule has 2 heteroatoms. The van der Waals surface area contributed by atoms with E-state index in [0.29, 0.717) is 0 Å². The van der Waals surface area contributed by atoms with Crippen molar-refractivity contribution in [2.75, 3.05) is 13.1 Å². The highest BCUT2D eigenvalue weighted by atomic mass is 15.2. The fraction of sp³-hybridized carbons (Fsp3) is 1.00. The van der Waals surface area contributed by atoms with Gasteiger partial charge in [-0.05, 0) is 45.7 Å². The number of nitrogens with zero attached hydrogens (tertiary/aromatic N) is 1. The maximum Gasteiger partial charge on any atom is 0.00966 e. The van der Waals surface area contributed by atoms with Crippen LogP contribution in [0.4, 0.5) is 0 Å². The zero-order valence-corrected chi connectivity index (χ0v) is 10.3. The van der Waals surface area contributed by atoms with E-state index in [4.69, 9.17) is 0 Å². The Morgan fingerprint density at radius 1 is 1.13 bits per heavy atom. The summed E-state index contributed by atoms with van der Waals surface area (Å²) in [6.45, 7) is 7.17. The average Bonchev–Trinajstić information content (AvgIpc) is 2.71. The van der Waals surface area contributed by atoms with E-state index >= 15 is 0 Å². The van der Waals surface area contributed by atoms with Crippen LogP contribution in [0.25, 0.3) is 0 Å². The Bertz CT molecular complexity index is 187. The standard InChI is InChI=1S/C13H26N2/c1-3-15-9-8-13(10-11(15)2)14-12-6-4-5-7-12/h11-14H,3-10H2,1-2H3. The van der Waals surface area contributed by atoms with Gasteiger partial charge in [0.25, 0.3) is 0 Å². The SMILES string of the molecule is CCN1CCC(NC2CCCC2)CC1C. The van der Waals surface area contributed by atoms with E-state index in [1.54, 1.807) is 0 Å². The Balaban J connectivity index is 1.75. The molecule has 0 bridgehead atoms. The molecule has 0 aromatic rings. The molecule has 0 spiro atoms. The molecule has 2 rings (SSSR count). The second-order valence-electron chi connectivity index (χ2n) is 5.35. The molecule has 1 saturated heterocycles. The molecule has 1 saturated carbocycles. The van der Waals surface area contributed by atoms with E-state index < -0.39 is 0 Å². The minimum absolute atomic E-state index is 0.780. The summed E-state index contributed by atoms with van der Waals surface area (Å²) in [5.41, 5.74) is 0. The maximum atomic E-state index is 3.87. The molecule has 15 heavy (non-hydrogen) atoms. The Morgan fingerprint density at radius 2 is 1.87 bits per heavy atom. The molecule has 2 atom stereocenters. The van der Waals surface area contributed by atoms with Gasteiger partial charge in [-0.3, -0.25) is 0 Å². The van der Waals surface area contributed by atoms with Gasteiger partial charge in [0.1, 0.15) is 0 Å². The maximum absolute atomic E-state index is 3.87. The van der Waals surface area contributed by atoms with Gasteiger partial charge in [-0.15, -0.1) is 0 Å². The lowest BCUT2D eigenvalue weighted by molar-refractivity contribution is 0.138. The molecule has 0 radical (unpaired) electrons. The molecule has 88 valence electrons. The van der Waals surface area contributed by atoms with Crippen molar-refractivity contribution in [2.45, 2.75) is 70.5 Å². The quantitative estimate of drug-likeness (QED) is 0.769. The summed E-state index contributed by atoms with van der Waals surface area (Å²) in [7, 11) is 0. The molecular weight excluding hydrogens is 184 g/mol. The first-order chi connectivity index (χ1) is 7.29. The third-order valence-corrected chi connectivity index (χ3v) is 4.25. The molecule has 1 aliphatic heterocycles. The predicted molar refractivity (Wildman–Crippen MR) is 65.1 cm³/mol. The van der Waals surface area contributed by atoms with Gasteiger partial charge in [-0.1, -0.05) is 19.8 Å². The first-order valence-corrected chi connectivity index (χ1v) is 6.79. The Labute approximate surface area is 94.4 Å². The van der Waals surface area contributed by atoms with Crippen LogP contribution >= 0.6 is 0 Å². The largest absolute Gasteiger partial charge is 0.311 e. The molecule has 1 N–H and O–H groups in total. The number of likely N-dealkylation sites (tertiary alicyclic amines) is 1. The monoisotopic (exact) mass is 210 g/mol. The Hall–Kier alpha value is -0.0800. The minimum Gasteiger partial charge on any atom is -0.311 e. The summed E-state index contributed by atoms with van der Waals surface area (Å²) in [6, 6.07) is 2.42. The smallest absolute Gasteiger partial charge is 0.00966 e. The van der Waals surface area contributed by atoms with Crippen LogP contribution in [0.3, 0.4) is 0 Å². The first kappa shape index (κ1) is 11.4. The van der Waals surface area contributed by atoms with Crippen molar-refractivity contribution in [1.82, 2.24) is 10.2 Å². The van der Waals surface area contributed by atoms with Crippen molar-refractivity contribution in [3.63, 3.8) is 0 Å². The van der Waals surface area contributed by atoms with E-state index in [1.165, 1.54) is 51.6 Å². The number of hydrogen-bond donors (Lipinski definition) is 1. The molecule has 1 heterocycles. The number of nitrogens with one attached hydrogen (secondary N) is 1. The van der Waals surface area contributed by atoms with Crippen molar-refractivity contribution >= 4 is 0 Å². The zero-order valence-electron chi connectivity index (χ0n) is 10.3. The van der Waals surface area contributed by atoms with Gasteiger partial charge in [0.05, 0.1) is 0 Å². The van der Waals surface area contributed by atoms with Crippen molar-refractivity contribution in [2.24, 2.45) is 0 Å². The van der Waals surface area contributed by atoms with Crippen molar-refractivity contribution in [3.05, 3.63) is 0 Å². The highest BCUT2D eigenvalue weighted by Gasteiger charge is 2.26. The molecule has 2 unspecified atom stereocenters. The summed E-state index contributed by atoms with van der Waals surface area (Å²) in [6.07, 6.45) is 8.44. The van der Waals surface area contributed by atoms with Crippen LogP contribution in [0.5, 0.6) is 0 Å². The van der Waals surface area contributed by atoms with Crippen LogP contribution in [0.1, 0.15) is 52.4 Å². The first-order valence-electron chi connectivity index (χ1n) is 6.79. The van der Waals surface area contributed by atoms with E-state index in [9.17, 15) is 0 Å². The molecule has 0 aromatic carbocycles. The summed E-state index contributed by atoms with van der Waals surface area (Å²) in [5, 5.41) is 3.87. The number of piperidine rings is 1. The van der Waals surface area contributed by atoms with Crippen molar-refractivity contribution in [1.29, 1.82) is 0 Å².